The van der Waals surface area contributed by atoms with Crippen LogP contribution >= 0.6 is 0 Å². The number of hydrogen-bond acceptors (Lipinski definition) is 3. The minimum Gasteiger partial charge on any atom is -0.396 e. The largest absolute Gasteiger partial charge is 0.396 e. The van der Waals surface area contributed by atoms with Gasteiger partial charge in [0.05, 0.1) is 13.2 Å². The van der Waals surface area contributed by atoms with Crippen molar-refractivity contribution < 1.29 is 19.1 Å². The van der Waals surface area contributed by atoms with Crippen LogP contribution in [0.25, 0.3) is 0 Å². The van der Waals surface area contributed by atoms with Crippen LogP contribution in [0, 0.1) is 11.2 Å². The van der Waals surface area contributed by atoms with Gasteiger partial charge >= 0.3 is 0 Å². The van der Waals surface area contributed by atoms with Crippen LogP contribution in [0.15, 0.2) is 24.3 Å². The third-order valence-electron chi connectivity index (χ3n) is 4.27. The number of carbonyl (C=O) groups is 2. The van der Waals surface area contributed by atoms with Crippen molar-refractivity contribution in [1.29, 1.82) is 0 Å². The number of amides is 2. The fourth-order valence-electron chi connectivity index (χ4n) is 2.81. The summed E-state index contributed by atoms with van der Waals surface area (Å²) in [5, 5.41) is 14.8. The molecule has 1 aliphatic rings. The molecular formula is C16H21FN2O3. The van der Waals surface area contributed by atoms with E-state index < -0.39 is 11.7 Å². The van der Waals surface area contributed by atoms with Crippen LogP contribution in [0.4, 0.5) is 4.39 Å². The second kappa shape index (κ2) is 6.87. The Labute approximate surface area is 128 Å². The lowest BCUT2D eigenvalue weighted by molar-refractivity contribution is -0.121. The maximum Gasteiger partial charge on any atom is 0.251 e. The first-order valence-electron chi connectivity index (χ1n) is 7.38. The van der Waals surface area contributed by atoms with E-state index in [1.807, 2.05) is 6.92 Å². The van der Waals surface area contributed by atoms with E-state index in [0.717, 1.165) is 25.3 Å². The quantitative estimate of drug-likeness (QED) is 0.765. The maximum atomic E-state index is 13.0. The van der Waals surface area contributed by atoms with Crippen molar-refractivity contribution in [2.75, 3.05) is 13.2 Å². The number of carbonyl (C=O) groups excluding carboxylic acids is 2. The van der Waals surface area contributed by atoms with Gasteiger partial charge in [-0.25, -0.2) is 4.39 Å². The van der Waals surface area contributed by atoms with E-state index >= 15 is 0 Å². The summed E-state index contributed by atoms with van der Waals surface area (Å²) >= 11 is 0. The van der Waals surface area contributed by atoms with E-state index in [0.29, 0.717) is 0 Å². The smallest absolute Gasteiger partial charge is 0.251 e. The van der Waals surface area contributed by atoms with E-state index in [9.17, 15) is 19.1 Å². The monoisotopic (exact) mass is 308 g/mol. The van der Waals surface area contributed by atoms with Gasteiger partial charge in [0.25, 0.3) is 5.91 Å². The van der Waals surface area contributed by atoms with E-state index in [4.69, 9.17) is 0 Å². The van der Waals surface area contributed by atoms with Gasteiger partial charge in [-0.05, 0) is 31.0 Å². The third kappa shape index (κ3) is 3.82. The summed E-state index contributed by atoms with van der Waals surface area (Å²) in [5.41, 5.74) is -0.128. The highest BCUT2D eigenvalue weighted by molar-refractivity contribution is 5.96. The van der Waals surface area contributed by atoms with E-state index in [2.05, 4.69) is 10.6 Å². The van der Waals surface area contributed by atoms with E-state index in [1.165, 1.54) is 18.2 Å². The lowest BCUT2D eigenvalue weighted by atomic mass is 9.86. The Morgan fingerprint density at radius 2 is 2.23 bits per heavy atom. The second-order valence-electron chi connectivity index (χ2n) is 6.02. The second-order valence-corrected chi connectivity index (χ2v) is 6.02. The van der Waals surface area contributed by atoms with Crippen LogP contribution in [-0.2, 0) is 4.79 Å². The molecule has 1 fully saturated rings. The van der Waals surface area contributed by atoms with Crippen LogP contribution in [-0.4, -0.2) is 36.1 Å². The topological polar surface area (TPSA) is 78.4 Å². The molecule has 2 unspecified atom stereocenters. The number of aliphatic hydroxyl groups excluding tert-OH is 1. The zero-order chi connectivity index (χ0) is 16.2. The molecule has 0 aromatic heterocycles. The number of halogens is 1. The Hall–Kier alpha value is -1.95. The summed E-state index contributed by atoms with van der Waals surface area (Å²) in [6.45, 7) is 1.79. The number of nitrogens with one attached hydrogen (secondary N) is 2. The van der Waals surface area contributed by atoms with Gasteiger partial charge in [0.1, 0.15) is 5.82 Å². The van der Waals surface area contributed by atoms with Crippen molar-refractivity contribution in [2.45, 2.75) is 32.2 Å². The number of rotatable bonds is 5. The number of benzene rings is 1. The van der Waals surface area contributed by atoms with Crippen molar-refractivity contribution in [2.24, 2.45) is 5.41 Å². The minimum absolute atomic E-state index is 0.0214. The molecule has 1 aromatic rings. The molecule has 1 aromatic carbocycles. The maximum absolute atomic E-state index is 13.0. The summed E-state index contributed by atoms with van der Waals surface area (Å²) in [6.07, 6.45) is 2.64. The zero-order valence-corrected chi connectivity index (χ0v) is 12.6. The predicted octanol–water partition coefficient (Wildman–Crippen LogP) is 1.22. The SMILES string of the molecule is CC1(CO)CCCC1NC(=O)CNC(=O)c1cccc(F)c1. The van der Waals surface area contributed by atoms with Crippen molar-refractivity contribution >= 4 is 11.8 Å². The van der Waals surface area contributed by atoms with Crippen LogP contribution in [0.1, 0.15) is 36.5 Å². The fourth-order valence-corrected chi connectivity index (χ4v) is 2.81. The Kier molecular flexibility index (Phi) is 5.13. The first-order chi connectivity index (χ1) is 10.4. The molecule has 120 valence electrons. The Bertz CT molecular complexity index is 564. The fraction of sp³-hybridized carbons (Fsp3) is 0.500. The molecule has 3 N–H and O–H groups in total. The highest BCUT2D eigenvalue weighted by atomic mass is 19.1. The molecule has 0 saturated heterocycles. The van der Waals surface area contributed by atoms with Gasteiger partial charge in [-0.2, -0.15) is 0 Å². The third-order valence-corrected chi connectivity index (χ3v) is 4.27. The van der Waals surface area contributed by atoms with Gasteiger partial charge in [0.2, 0.25) is 5.91 Å². The number of hydrogen-bond donors (Lipinski definition) is 3. The zero-order valence-electron chi connectivity index (χ0n) is 12.6. The van der Waals surface area contributed by atoms with Crippen molar-refractivity contribution in [3.63, 3.8) is 0 Å². The summed E-state index contributed by atoms with van der Waals surface area (Å²) in [4.78, 5) is 23.7. The molecule has 22 heavy (non-hydrogen) atoms. The number of aliphatic hydroxyl groups is 1. The molecule has 2 rings (SSSR count). The summed E-state index contributed by atoms with van der Waals surface area (Å²) < 4.78 is 13.0. The molecule has 1 saturated carbocycles. The lowest BCUT2D eigenvalue weighted by Gasteiger charge is -2.30. The Morgan fingerprint density at radius 3 is 2.91 bits per heavy atom. The van der Waals surface area contributed by atoms with Crippen LogP contribution in [0.5, 0.6) is 0 Å². The standard InChI is InChI=1S/C16H21FN2O3/c1-16(10-20)7-3-6-13(16)19-14(21)9-18-15(22)11-4-2-5-12(17)8-11/h2,4-5,8,13,20H,3,6-7,9-10H2,1H3,(H,18,22)(H,19,21). The van der Waals surface area contributed by atoms with E-state index in [1.54, 1.807) is 0 Å². The first-order valence-corrected chi connectivity index (χ1v) is 7.38. The lowest BCUT2D eigenvalue weighted by Crippen LogP contribution is -2.48. The minimum atomic E-state index is -0.498. The van der Waals surface area contributed by atoms with Crippen LogP contribution in [0.3, 0.4) is 0 Å². The molecule has 6 heteroatoms. The van der Waals surface area contributed by atoms with E-state index in [-0.39, 0.29) is 36.1 Å². The van der Waals surface area contributed by atoms with Crippen molar-refractivity contribution in [3.05, 3.63) is 35.6 Å². The molecule has 0 bridgehead atoms. The normalized spacial score (nSPS) is 24.0. The molecular weight excluding hydrogens is 287 g/mol. The molecule has 1 aliphatic carbocycles. The van der Waals surface area contributed by atoms with Gasteiger partial charge in [-0.3, -0.25) is 9.59 Å². The summed E-state index contributed by atoms with van der Waals surface area (Å²) in [7, 11) is 0. The van der Waals surface area contributed by atoms with Crippen molar-refractivity contribution in [1.82, 2.24) is 10.6 Å². The molecule has 5 nitrogen and oxygen atoms in total. The highest BCUT2D eigenvalue weighted by Gasteiger charge is 2.38. The summed E-state index contributed by atoms with van der Waals surface area (Å²) in [5.74, 6) is -1.30. The van der Waals surface area contributed by atoms with Crippen LogP contribution < -0.4 is 10.6 Å². The Morgan fingerprint density at radius 1 is 1.45 bits per heavy atom. The highest BCUT2D eigenvalue weighted by Crippen LogP contribution is 2.37. The van der Waals surface area contributed by atoms with Gasteiger partial charge in [0.15, 0.2) is 0 Å². The summed E-state index contributed by atoms with van der Waals surface area (Å²) in [6, 6.07) is 5.20. The van der Waals surface area contributed by atoms with Gasteiger partial charge in [-0.1, -0.05) is 19.4 Å². The average Bonchev–Trinajstić information content (AvgIpc) is 2.86. The van der Waals surface area contributed by atoms with Gasteiger partial charge in [0, 0.05) is 17.0 Å². The van der Waals surface area contributed by atoms with Crippen molar-refractivity contribution in [3.8, 4) is 0 Å². The molecule has 0 spiro atoms. The molecule has 0 aliphatic heterocycles. The molecule has 2 amide bonds. The first kappa shape index (κ1) is 16.4. The Balaban J connectivity index is 1.84. The molecule has 0 heterocycles. The van der Waals surface area contributed by atoms with Gasteiger partial charge < -0.3 is 15.7 Å². The molecule has 0 radical (unpaired) electrons. The average molecular weight is 308 g/mol. The molecule has 2 atom stereocenters. The van der Waals surface area contributed by atoms with Gasteiger partial charge in [-0.15, -0.1) is 0 Å². The van der Waals surface area contributed by atoms with Crippen LogP contribution in [0.2, 0.25) is 0 Å². The predicted molar refractivity (Wildman–Crippen MR) is 79.7 cm³/mol.